The first-order valence-electron chi connectivity index (χ1n) is 10.7. The first-order chi connectivity index (χ1) is 15.2. The molecule has 3 N–H and O–H groups in total. The van der Waals surface area contributed by atoms with E-state index in [1.54, 1.807) is 6.20 Å². The smallest absolute Gasteiger partial charge is 0.142 e. The van der Waals surface area contributed by atoms with Crippen LogP contribution in [0.15, 0.2) is 60.8 Å². The number of fused-ring (bicyclic) bond motifs is 1. The van der Waals surface area contributed by atoms with Gasteiger partial charge in [-0.1, -0.05) is 48.0 Å². The van der Waals surface area contributed by atoms with E-state index in [0.717, 1.165) is 65.2 Å². The highest BCUT2D eigenvalue weighted by molar-refractivity contribution is 6.37. The molecule has 158 valence electrons. The van der Waals surface area contributed by atoms with E-state index in [4.69, 9.17) is 17.3 Å². The number of benzene rings is 2. The monoisotopic (exact) mass is 431 g/mol. The van der Waals surface area contributed by atoms with Crippen LogP contribution in [0, 0.1) is 0 Å². The summed E-state index contributed by atoms with van der Waals surface area (Å²) in [4.78, 5) is 7.07. The number of aromatic nitrogens is 2. The van der Waals surface area contributed by atoms with E-state index >= 15 is 0 Å². The summed E-state index contributed by atoms with van der Waals surface area (Å²) in [5.41, 5.74) is 13.5. The lowest BCUT2D eigenvalue weighted by Crippen LogP contribution is -2.43. The molecule has 31 heavy (non-hydrogen) atoms. The molecule has 1 aliphatic rings. The van der Waals surface area contributed by atoms with Gasteiger partial charge in [-0.3, -0.25) is 0 Å². The first kappa shape index (κ1) is 20.1. The Balaban J connectivity index is 1.67. The van der Waals surface area contributed by atoms with Crippen molar-refractivity contribution in [3.8, 4) is 22.4 Å². The van der Waals surface area contributed by atoms with Crippen LogP contribution in [-0.2, 0) is 13.6 Å². The number of nitrogens with zero attached hydrogens (tertiary/aromatic N) is 3. The molecule has 0 saturated carbocycles. The number of nitrogens with two attached hydrogens (primary N) is 1. The molecule has 3 heterocycles. The molecule has 0 unspecified atom stereocenters. The van der Waals surface area contributed by atoms with E-state index in [9.17, 15) is 0 Å². The van der Waals surface area contributed by atoms with E-state index in [-0.39, 0.29) is 0 Å². The van der Waals surface area contributed by atoms with Gasteiger partial charge in [0.25, 0.3) is 0 Å². The SMILES string of the molecule is Cn1c(-c2ccc(N3CCNCC3)cc2)c(-c2ccc(CN)cc2)c2c(Cl)ccnc21. The van der Waals surface area contributed by atoms with E-state index in [1.807, 2.05) is 6.07 Å². The van der Waals surface area contributed by atoms with Crippen LogP contribution in [0.25, 0.3) is 33.4 Å². The maximum atomic E-state index is 6.68. The van der Waals surface area contributed by atoms with Crippen LogP contribution in [-0.4, -0.2) is 35.7 Å². The Hall–Kier alpha value is -2.86. The van der Waals surface area contributed by atoms with Gasteiger partial charge in [-0.2, -0.15) is 0 Å². The number of nitrogens with one attached hydrogen (secondary N) is 1. The number of piperazine rings is 1. The Morgan fingerprint density at radius 3 is 2.32 bits per heavy atom. The number of hydrogen-bond donors (Lipinski definition) is 2. The van der Waals surface area contributed by atoms with Gasteiger partial charge in [-0.15, -0.1) is 0 Å². The Bertz CT molecular complexity index is 1210. The zero-order valence-corrected chi connectivity index (χ0v) is 18.4. The predicted octanol–water partition coefficient (Wildman–Crippen LogP) is 4.43. The minimum Gasteiger partial charge on any atom is -0.369 e. The van der Waals surface area contributed by atoms with Crippen molar-refractivity contribution in [1.82, 2.24) is 14.9 Å². The van der Waals surface area contributed by atoms with Crippen molar-refractivity contribution in [2.45, 2.75) is 6.54 Å². The Labute approximate surface area is 187 Å². The summed E-state index contributed by atoms with van der Waals surface area (Å²) in [6.07, 6.45) is 1.77. The molecule has 0 radical (unpaired) electrons. The molecular weight excluding hydrogens is 406 g/mol. The molecule has 4 aromatic rings. The Morgan fingerprint density at radius 2 is 1.65 bits per heavy atom. The van der Waals surface area contributed by atoms with Crippen LogP contribution in [0.5, 0.6) is 0 Å². The molecule has 5 nitrogen and oxygen atoms in total. The lowest BCUT2D eigenvalue weighted by atomic mass is 9.97. The van der Waals surface area contributed by atoms with Crippen molar-refractivity contribution in [2.75, 3.05) is 31.1 Å². The van der Waals surface area contributed by atoms with Gasteiger partial charge in [-0.25, -0.2) is 4.98 Å². The van der Waals surface area contributed by atoms with E-state index in [2.05, 4.69) is 75.3 Å². The van der Waals surface area contributed by atoms with E-state index in [1.165, 1.54) is 5.69 Å². The summed E-state index contributed by atoms with van der Waals surface area (Å²) in [7, 11) is 2.06. The average Bonchev–Trinajstić information content (AvgIpc) is 3.13. The molecule has 5 rings (SSSR count). The third-order valence-corrected chi connectivity index (χ3v) is 6.44. The summed E-state index contributed by atoms with van der Waals surface area (Å²) in [5, 5.41) is 5.10. The van der Waals surface area contributed by atoms with Gasteiger partial charge in [0.15, 0.2) is 0 Å². The number of hydrogen-bond acceptors (Lipinski definition) is 4. The Kier molecular flexibility index (Phi) is 5.40. The summed E-state index contributed by atoms with van der Waals surface area (Å²) in [5.74, 6) is 0. The Morgan fingerprint density at radius 1 is 0.968 bits per heavy atom. The lowest BCUT2D eigenvalue weighted by molar-refractivity contribution is 0.589. The molecule has 0 aliphatic carbocycles. The summed E-state index contributed by atoms with van der Waals surface area (Å²) >= 11 is 6.68. The number of rotatable bonds is 4. The molecule has 0 atom stereocenters. The normalized spacial score (nSPS) is 14.4. The molecule has 0 bridgehead atoms. The largest absolute Gasteiger partial charge is 0.369 e. The van der Waals surface area contributed by atoms with Gasteiger partial charge in [0.2, 0.25) is 0 Å². The van der Waals surface area contributed by atoms with E-state index in [0.29, 0.717) is 11.6 Å². The molecule has 0 amide bonds. The molecule has 1 fully saturated rings. The fourth-order valence-corrected chi connectivity index (χ4v) is 4.72. The van der Waals surface area contributed by atoms with Crippen molar-refractivity contribution in [2.24, 2.45) is 12.8 Å². The molecule has 2 aromatic carbocycles. The maximum Gasteiger partial charge on any atom is 0.142 e. The molecule has 6 heteroatoms. The zero-order chi connectivity index (χ0) is 21.4. The van der Waals surface area contributed by atoms with Crippen molar-refractivity contribution >= 4 is 28.3 Å². The number of halogens is 1. The average molecular weight is 432 g/mol. The second kappa shape index (κ2) is 8.35. The van der Waals surface area contributed by atoms with Gasteiger partial charge in [-0.05, 0) is 34.9 Å². The standard InChI is InChI=1S/C25H26ClN5/c1-30-24(19-6-8-20(9-7-19)31-14-12-28-13-15-31)22(18-4-2-17(16-27)3-5-18)23-21(26)10-11-29-25(23)30/h2-11,28H,12-16,27H2,1H3. The van der Waals surface area contributed by atoms with Gasteiger partial charge < -0.3 is 20.5 Å². The number of anilines is 1. The highest BCUT2D eigenvalue weighted by atomic mass is 35.5. The zero-order valence-electron chi connectivity index (χ0n) is 17.6. The van der Waals surface area contributed by atoms with Crippen molar-refractivity contribution in [3.63, 3.8) is 0 Å². The molecular formula is C25H26ClN5. The lowest BCUT2D eigenvalue weighted by Gasteiger charge is -2.29. The van der Waals surface area contributed by atoms with Crippen LogP contribution < -0.4 is 16.0 Å². The van der Waals surface area contributed by atoms with Crippen LogP contribution in [0.4, 0.5) is 5.69 Å². The van der Waals surface area contributed by atoms with Crippen molar-refractivity contribution < 1.29 is 0 Å². The highest BCUT2D eigenvalue weighted by Crippen LogP contribution is 2.42. The second-order valence-corrected chi connectivity index (χ2v) is 8.37. The van der Waals surface area contributed by atoms with Gasteiger partial charge >= 0.3 is 0 Å². The molecule has 2 aromatic heterocycles. The second-order valence-electron chi connectivity index (χ2n) is 7.96. The molecule has 1 aliphatic heterocycles. The summed E-state index contributed by atoms with van der Waals surface area (Å²) < 4.78 is 2.15. The minimum atomic E-state index is 0.526. The van der Waals surface area contributed by atoms with Gasteiger partial charge in [0.05, 0.1) is 10.7 Å². The van der Waals surface area contributed by atoms with Gasteiger partial charge in [0.1, 0.15) is 5.65 Å². The fraction of sp³-hybridized carbons (Fsp3) is 0.240. The predicted molar refractivity (Wildman–Crippen MR) is 130 cm³/mol. The van der Waals surface area contributed by atoms with Crippen LogP contribution in [0.2, 0.25) is 5.02 Å². The van der Waals surface area contributed by atoms with Crippen molar-refractivity contribution in [3.05, 3.63) is 71.4 Å². The fourth-order valence-electron chi connectivity index (χ4n) is 4.49. The minimum absolute atomic E-state index is 0.526. The highest BCUT2D eigenvalue weighted by Gasteiger charge is 2.21. The number of pyridine rings is 1. The molecule has 1 saturated heterocycles. The summed E-state index contributed by atoms with van der Waals surface area (Å²) in [6, 6.07) is 19.1. The summed E-state index contributed by atoms with van der Waals surface area (Å²) in [6.45, 7) is 4.64. The van der Waals surface area contributed by atoms with Crippen LogP contribution in [0.1, 0.15) is 5.56 Å². The van der Waals surface area contributed by atoms with Crippen molar-refractivity contribution in [1.29, 1.82) is 0 Å². The third kappa shape index (κ3) is 3.59. The quantitative estimate of drug-likeness (QED) is 0.502. The topological polar surface area (TPSA) is 59.1 Å². The van der Waals surface area contributed by atoms with E-state index < -0.39 is 0 Å². The van der Waals surface area contributed by atoms with Crippen LogP contribution in [0.3, 0.4) is 0 Å². The van der Waals surface area contributed by atoms with Crippen LogP contribution >= 0.6 is 11.6 Å². The maximum absolute atomic E-state index is 6.68. The molecule has 0 spiro atoms. The third-order valence-electron chi connectivity index (χ3n) is 6.12. The number of aryl methyl sites for hydroxylation is 1. The van der Waals surface area contributed by atoms with Gasteiger partial charge in [0, 0.05) is 62.6 Å². The first-order valence-corrected chi connectivity index (χ1v) is 11.0.